The highest BCUT2D eigenvalue weighted by Crippen LogP contribution is 2.21. The minimum atomic E-state index is -0.156. The van der Waals surface area contributed by atoms with Crippen LogP contribution < -0.4 is 4.74 Å². The molecule has 17 heavy (non-hydrogen) atoms. The number of allylic oxidation sites excluding steroid dienone is 1. The highest BCUT2D eigenvalue weighted by atomic mass is 16.7. The summed E-state index contributed by atoms with van der Waals surface area (Å²) in [7, 11) is 1.58. The number of carbonyl (C=O) groups is 1. The fraction of sp³-hybridized carbons (Fsp3) is 0.308. The fourth-order valence-corrected chi connectivity index (χ4v) is 1.55. The van der Waals surface area contributed by atoms with E-state index in [1.807, 2.05) is 30.3 Å². The first-order valence-electron chi connectivity index (χ1n) is 5.41. The smallest absolute Gasteiger partial charge is 0.311 e. The molecule has 1 aliphatic rings. The summed E-state index contributed by atoms with van der Waals surface area (Å²) in [6, 6.07) is 7.51. The molecular weight excluding hydrogens is 220 g/mol. The first-order valence-corrected chi connectivity index (χ1v) is 5.41. The summed E-state index contributed by atoms with van der Waals surface area (Å²) in [5.74, 6) is 1.31. The number of rotatable bonds is 4. The second-order valence-electron chi connectivity index (χ2n) is 3.70. The number of ether oxygens (including phenoxy) is 3. The van der Waals surface area contributed by atoms with Gasteiger partial charge in [0.15, 0.2) is 6.79 Å². The lowest BCUT2D eigenvalue weighted by atomic mass is 10.2. The summed E-state index contributed by atoms with van der Waals surface area (Å²) in [5.41, 5.74) is 0.986. The zero-order valence-electron chi connectivity index (χ0n) is 9.64. The highest BCUT2D eigenvalue weighted by Gasteiger charge is 2.16. The van der Waals surface area contributed by atoms with E-state index in [4.69, 9.17) is 14.2 Å². The number of benzene rings is 1. The van der Waals surface area contributed by atoms with E-state index in [1.165, 1.54) is 0 Å². The van der Waals surface area contributed by atoms with E-state index >= 15 is 0 Å². The van der Waals surface area contributed by atoms with Crippen LogP contribution in [0, 0.1) is 0 Å². The molecule has 1 saturated heterocycles. The Balaban J connectivity index is 2.00. The molecule has 1 aromatic carbocycles. The van der Waals surface area contributed by atoms with Crippen LogP contribution in [0.15, 0.2) is 30.0 Å². The summed E-state index contributed by atoms with van der Waals surface area (Å²) in [6.45, 7) is 0.234. The summed E-state index contributed by atoms with van der Waals surface area (Å²) in [4.78, 5) is 10.9. The molecule has 0 saturated carbocycles. The van der Waals surface area contributed by atoms with Crippen molar-refractivity contribution < 1.29 is 19.0 Å². The third-order valence-corrected chi connectivity index (χ3v) is 2.37. The maximum absolute atomic E-state index is 10.9. The molecule has 0 spiro atoms. The van der Waals surface area contributed by atoms with Crippen LogP contribution in [-0.2, 0) is 14.3 Å². The number of hydrogen-bond acceptors (Lipinski definition) is 4. The largest absolute Gasteiger partial charge is 0.468 e. The Hall–Kier alpha value is -1.81. The summed E-state index contributed by atoms with van der Waals surface area (Å²) in [6.07, 6.45) is 3.02. The van der Waals surface area contributed by atoms with Crippen molar-refractivity contribution in [3.63, 3.8) is 0 Å². The monoisotopic (exact) mass is 234 g/mol. The number of carbonyl (C=O) groups excluding carboxylic acids is 1. The first-order chi connectivity index (χ1) is 8.28. The van der Waals surface area contributed by atoms with E-state index in [2.05, 4.69) is 0 Å². The second kappa shape index (κ2) is 5.50. The zero-order chi connectivity index (χ0) is 12.1. The van der Waals surface area contributed by atoms with Gasteiger partial charge in [0, 0.05) is 13.5 Å². The molecule has 0 N–H and O–H groups in total. The molecule has 1 aliphatic heterocycles. The van der Waals surface area contributed by atoms with Crippen LogP contribution in [0.1, 0.15) is 18.4 Å². The number of cyclic esters (lactones) is 1. The zero-order valence-corrected chi connectivity index (χ0v) is 9.64. The van der Waals surface area contributed by atoms with Crippen molar-refractivity contribution in [1.29, 1.82) is 0 Å². The molecule has 0 radical (unpaired) electrons. The molecule has 1 fully saturated rings. The van der Waals surface area contributed by atoms with Crippen LogP contribution >= 0.6 is 0 Å². The van der Waals surface area contributed by atoms with E-state index in [9.17, 15) is 4.79 Å². The predicted octanol–water partition coefficient (Wildman–Crippen LogP) is 2.35. The van der Waals surface area contributed by atoms with Gasteiger partial charge in [-0.15, -0.1) is 0 Å². The third kappa shape index (κ3) is 3.32. The Morgan fingerprint density at radius 3 is 2.65 bits per heavy atom. The fourth-order valence-electron chi connectivity index (χ4n) is 1.55. The van der Waals surface area contributed by atoms with Gasteiger partial charge in [-0.05, 0) is 23.8 Å². The minimum absolute atomic E-state index is 0.156. The van der Waals surface area contributed by atoms with Gasteiger partial charge in [-0.25, -0.2) is 0 Å². The molecule has 0 aliphatic carbocycles. The SMILES string of the molecule is COCOc1ccc(/C=C2\CCC(=O)O2)cc1. The van der Waals surface area contributed by atoms with E-state index in [0.29, 0.717) is 12.8 Å². The number of hydrogen-bond donors (Lipinski definition) is 0. The Bertz CT molecular complexity index is 420. The standard InChI is InChI=1S/C13H14O4/c1-15-9-16-11-4-2-10(3-5-11)8-12-6-7-13(14)17-12/h2-5,8H,6-7,9H2,1H3/b12-8+. The normalized spacial score (nSPS) is 17.2. The molecule has 2 rings (SSSR count). The van der Waals surface area contributed by atoms with Crippen molar-refractivity contribution >= 4 is 12.0 Å². The molecule has 0 bridgehead atoms. The Morgan fingerprint density at radius 2 is 2.06 bits per heavy atom. The quantitative estimate of drug-likeness (QED) is 0.592. The molecule has 4 heteroatoms. The van der Waals surface area contributed by atoms with Gasteiger partial charge >= 0.3 is 5.97 Å². The van der Waals surface area contributed by atoms with Gasteiger partial charge in [0.2, 0.25) is 0 Å². The van der Waals surface area contributed by atoms with Gasteiger partial charge < -0.3 is 14.2 Å². The molecular formula is C13H14O4. The maximum Gasteiger partial charge on any atom is 0.311 e. The van der Waals surface area contributed by atoms with Crippen molar-refractivity contribution in [2.75, 3.05) is 13.9 Å². The summed E-state index contributed by atoms with van der Waals surface area (Å²) < 4.78 is 15.1. The van der Waals surface area contributed by atoms with E-state index < -0.39 is 0 Å². The lowest BCUT2D eigenvalue weighted by Crippen LogP contribution is -1.98. The minimum Gasteiger partial charge on any atom is -0.468 e. The summed E-state index contributed by atoms with van der Waals surface area (Å²) in [5, 5.41) is 0. The molecule has 0 aromatic heterocycles. The van der Waals surface area contributed by atoms with Gasteiger partial charge in [-0.2, -0.15) is 0 Å². The van der Waals surface area contributed by atoms with Gasteiger partial charge in [0.05, 0.1) is 6.42 Å². The number of esters is 1. The van der Waals surface area contributed by atoms with Gasteiger partial charge in [0.1, 0.15) is 11.5 Å². The molecule has 1 aromatic rings. The Kier molecular flexibility index (Phi) is 3.77. The molecule has 90 valence electrons. The maximum atomic E-state index is 10.9. The average molecular weight is 234 g/mol. The first kappa shape index (κ1) is 11.7. The lowest BCUT2D eigenvalue weighted by molar-refractivity contribution is -0.135. The molecule has 1 heterocycles. The van der Waals surface area contributed by atoms with Crippen LogP contribution in [0.2, 0.25) is 0 Å². The average Bonchev–Trinajstić information content (AvgIpc) is 2.74. The molecule has 0 amide bonds. The lowest BCUT2D eigenvalue weighted by Gasteiger charge is -2.04. The van der Waals surface area contributed by atoms with E-state index in [-0.39, 0.29) is 12.8 Å². The van der Waals surface area contributed by atoms with Crippen LogP contribution in [-0.4, -0.2) is 19.9 Å². The topological polar surface area (TPSA) is 44.8 Å². The van der Waals surface area contributed by atoms with E-state index in [1.54, 1.807) is 7.11 Å². The third-order valence-electron chi connectivity index (χ3n) is 2.37. The number of methoxy groups -OCH3 is 1. The van der Waals surface area contributed by atoms with Gasteiger partial charge in [-0.1, -0.05) is 12.1 Å². The van der Waals surface area contributed by atoms with E-state index in [0.717, 1.165) is 17.1 Å². The van der Waals surface area contributed by atoms with Crippen molar-refractivity contribution in [2.45, 2.75) is 12.8 Å². The van der Waals surface area contributed by atoms with Crippen LogP contribution in [0.3, 0.4) is 0 Å². The van der Waals surface area contributed by atoms with Crippen LogP contribution in [0.25, 0.3) is 6.08 Å². The van der Waals surface area contributed by atoms with Crippen LogP contribution in [0.4, 0.5) is 0 Å². The molecule has 4 nitrogen and oxygen atoms in total. The molecule has 0 atom stereocenters. The second-order valence-corrected chi connectivity index (χ2v) is 3.70. The van der Waals surface area contributed by atoms with Crippen LogP contribution in [0.5, 0.6) is 5.75 Å². The predicted molar refractivity (Wildman–Crippen MR) is 62.2 cm³/mol. The summed E-state index contributed by atoms with van der Waals surface area (Å²) >= 11 is 0. The van der Waals surface area contributed by atoms with Gasteiger partial charge in [0.25, 0.3) is 0 Å². The van der Waals surface area contributed by atoms with Crippen molar-refractivity contribution in [3.8, 4) is 5.75 Å². The Labute approximate surface area is 99.8 Å². The van der Waals surface area contributed by atoms with Crippen molar-refractivity contribution in [1.82, 2.24) is 0 Å². The Morgan fingerprint density at radius 1 is 1.29 bits per heavy atom. The molecule has 0 unspecified atom stereocenters. The van der Waals surface area contributed by atoms with Crippen molar-refractivity contribution in [2.24, 2.45) is 0 Å². The highest BCUT2D eigenvalue weighted by molar-refractivity contribution is 5.75. The van der Waals surface area contributed by atoms with Crippen molar-refractivity contribution in [3.05, 3.63) is 35.6 Å². The van der Waals surface area contributed by atoms with Gasteiger partial charge in [-0.3, -0.25) is 4.79 Å².